The molecule has 1 aliphatic carbocycles. The van der Waals surface area contributed by atoms with Crippen LogP contribution in [0.3, 0.4) is 0 Å². The topological polar surface area (TPSA) is 12.0 Å². The Morgan fingerprint density at radius 3 is 2.29 bits per heavy atom. The number of benzene rings is 1. The second-order valence-corrected chi connectivity index (χ2v) is 5.24. The molecule has 3 heteroatoms. The van der Waals surface area contributed by atoms with Crippen LogP contribution in [0.4, 0.5) is 8.78 Å². The van der Waals surface area contributed by atoms with E-state index in [0.717, 1.165) is 5.56 Å². The molecule has 1 aromatic carbocycles. The van der Waals surface area contributed by atoms with E-state index in [-0.39, 0.29) is 18.9 Å². The van der Waals surface area contributed by atoms with Gasteiger partial charge in [0.15, 0.2) is 0 Å². The normalized spacial score (nSPS) is 19.4. The molecule has 0 heterocycles. The fraction of sp³-hybridized carbons (Fsp3) is 0.571. The zero-order valence-corrected chi connectivity index (χ0v) is 10.3. The van der Waals surface area contributed by atoms with Crippen molar-refractivity contribution in [1.29, 1.82) is 0 Å². The van der Waals surface area contributed by atoms with Crippen molar-refractivity contribution in [2.75, 3.05) is 0 Å². The third kappa shape index (κ3) is 3.25. The first-order chi connectivity index (χ1) is 7.96. The Hall–Kier alpha value is -0.960. The van der Waals surface area contributed by atoms with E-state index in [1.807, 2.05) is 0 Å². The smallest absolute Gasteiger partial charge is 0.251 e. The Balaban J connectivity index is 1.80. The molecule has 17 heavy (non-hydrogen) atoms. The number of hydrogen-bond acceptors (Lipinski definition) is 1. The molecular formula is C14H19F2N. The highest BCUT2D eigenvalue weighted by Gasteiger charge is 2.44. The predicted molar refractivity (Wildman–Crippen MR) is 65.3 cm³/mol. The molecule has 1 saturated carbocycles. The van der Waals surface area contributed by atoms with Crippen molar-refractivity contribution >= 4 is 0 Å². The first-order valence-electron chi connectivity index (χ1n) is 6.16. The van der Waals surface area contributed by atoms with Crippen molar-refractivity contribution in [2.24, 2.45) is 0 Å². The largest absolute Gasteiger partial charge is 0.309 e. The predicted octanol–water partition coefficient (Wildman–Crippen LogP) is 3.70. The van der Waals surface area contributed by atoms with Gasteiger partial charge in [0.1, 0.15) is 0 Å². The lowest BCUT2D eigenvalue weighted by atomic mass is 9.88. The van der Waals surface area contributed by atoms with Gasteiger partial charge >= 0.3 is 0 Å². The third-order valence-electron chi connectivity index (χ3n) is 3.33. The summed E-state index contributed by atoms with van der Waals surface area (Å²) < 4.78 is 25.2. The molecule has 0 radical (unpaired) electrons. The Kier molecular flexibility index (Phi) is 3.48. The molecule has 1 aromatic rings. The molecule has 0 aromatic heterocycles. The van der Waals surface area contributed by atoms with Crippen LogP contribution in [0.15, 0.2) is 24.3 Å². The summed E-state index contributed by atoms with van der Waals surface area (Å²) >= 11 is 0. The van der Waals surface area contributed by atoms with Gasteiger partial charge in [0.05, 0.1) is 0 Å². The first kappa shape index (κ1) is 12.5. The highest BCUT2D eigenvalue weighted by molar-refractivity contribution is 5.24. The SMILES string of the molecule is CC(C)c1ccc(CNC2CC(F)(F)C2)cc1. The van der Waals surface area contributed by atoms with Crippen LogP contribution in [0, 0.1) is 0 Å². The maximum Gasteiger partial charge on any atom is 0.251 e. The molecule has 0 unspecified atom stereocenters. The summed E-state index contributed by atoms with van der Waals surface area (Å²) in [6.07, 6.45) is -0.0336. The van der Waals surface area contributed by atoms with Crippen molar-refractivity contribution in [3.63, 3.8) is 0 Å². The van der Waals surface area contributed by atoms with Gasteiger partial charge in [-0.25, -0.2) is 8.78 Å². The van der Waals surface area contributed by atoms with E-state index < -0.39 is 5.92 Å². The first-order valence-corrected chi connectivity index (χ1v) is 6.16. The standard InChI is InChI=1S/C14H19F2N/c1-10(2)12-5-3-11(4-6-12)9-17-13-7-14(15,16)8-13/h3-6,10,13,17H,7-9H2,1-2H3. The second kappa shape index (κ2) is 4.73. The second-order valence-electron chi connectivity index (χ2n) is 5.24. The summed E-state index contributed by atoms with van der Waals surface area (Å²) in [6, 6.07) is 8.33. The summed E-state index contributed by atoms with van der Waals surface area (Å²) in [4.78, 5) is 0. The number of hydrogen-bond donors (Lipinski definition) is 1. The molecule has 0 atom stereocenters. The molecule has 0 saturated heterocycles. The summed E-state index contributed by atoms with van der Waals surface area (Å²) in [5.74, 6) is -1.90. The van der Waals surface area contributed by atoms with Crippen LogP contribution in [0.2, 0.25) is 0 Å². The molecule has 0 spiro atoms. The van der Waals surface area contributed by atoms with Gasteiger partial charge in [-0.3, -0.25) is 0 Å². The fourth-order valence-electron chi connectivity index (χ4n) is 2.09. The van der Waals surface area contributed by atoms with Crippen LogP contribution in [-0.2, 0) is 6.54 Å². The molecule has 0 aliphatic heterocycles. The minimum absolute atomic E-state index is 0.0168. The molecule has 1 fully saturated rings. The Morgan fingerprint density at radius 2 is 1.82 bits per heavy atom. The Labute approximate surface area is 101 Å². The van der Waals surface area contributed by atoms with E-state index in [4.69, 9.17) is 0 Å². The monoisotopic (exact) mass is 239 g/mol. The van der Waals surface area contributed by atoms with E-state index in [2.05, 4.69) is 43.4 Å². The van der Waals surface area contributed by atoms with E-state index >= 15 is 0 Å². The number of rotatable bonds is 4. The lowest BCUT2D eigenvalue weighted by Gasteiger charge is -2.35. The number of halogens is 2. The van der Waals surface area contributed by atoms with Crippen molar-refractivity contribution in [2.45, 2.75) is 51.1 Å². The van der Waals surface area contributed by atoms with E-state index in [1.54, 1.807) is 0 Å². The van der Waals surface area contributed by atoms with E-state index in [1.165, 1.54) is 5.56 Å². The van der Waals surface area contributed by atoms with Crippen molar-refractivity contribution in [1.82, 2.24) is 5.32 Å². The zero-order chi connectivity index (χ0) is 12.5. The maximum absolute atomic E-state index is 12.6. The highest BCUT2D eigenvalue weighted by Crippen LogP contribution is 2.37. The maximum atomic E-state index is 12.6. The molecule has 94 valence electrons. The summed E-state index contributed by atoms with van der Waals surface area (Å²) in [5.41, 5.74) is 2.47. The van der Waals surface area contributed by atoms with Crippen molar-refractivity contribution < 1.29 is 8.78 Å². The Bertz CT molecular complexity index is 362. The van der Waals surface area contributed by atoms with Crippen LogP contribution >= 0.6 is 0 Å². The molecule has 1 N–H and O–H groups in total. The summed E-state index contributed by atoms with van der Waals surface area (Å²) in [7, 11) is 0. The van der Waals surface area contributed by atoms with Gasteiger partial charge in [0.25, 0.3) is 5.92 Å². The highest BCUT2D eigenvalue weighted by atomic mass is 19.3. The summed E-state index contributed by atoms with van der Waals surface area (Å²) in [6.45, 7) is 4.99. The molecule has 1 nitrogen and oxygen atoms in total. The van der Waals surface area contributed by atoms with Gasteiger partial charge in [0, 0.05) is 25.4 Å². The van der Waals surface area contributed by atoms with Gasteiger partial charge in [-0.1, -0.05) is 38.1 Å². The van der Waals surface area contributed by atoms with Gasteiger partial charge in [-0.15, -0.1) is 0 Å². The van der Waals surface area contributed by atoms with Crippen LogP contribution in [0.25, 0.3) is 0 Å². The molecular weight excluding hydrogens is 220 g/mol. The number of nitrogens with one attached hydrogen (secondary N) is 1. The lowest BCUT2D eigenvalue weighted by molar-refractivity contribution is -0.0930. The lowest BCUT2D eigenvalue weighted by Crippen LogP contribution is -2.48. The number of alkyl halides is 2. The summed E-state index contributed by atoms with van der Waals surface area (Å²) in [5, 5.41) is 3.16. The van der Waals surface area contributed by atoms with Gasteiger partial charge in [0.2, 0.25) is 0 Å². The molecule has 0 amide bonds. The zero-order valence-electron chi connectivity index (χ0n) is 10.3. The average Bonchev–Trinajstić information content (AvgIpc) is 2.24. The van der Waals surface area contributed by atoms with Gasteiger partial charge < -0.3 is 5.32 Å². The van der Waals surface area contributed by atoms with Gasteiger partial charge in [-0.05, 0) is 17.0 Å². The van der Waals surface area contributed by atoms with Crippen molar-refractivity contribution in [3.05, 3.63) is 35.4 Å². The van der Waals surface area contributed by atoms with Crippen molar-refractivity contribution in [3.8, 4) is 0 Å². The van der Waals surface area contributed by atoms with E-state index in [9.17, 15) is 8.78 Å². The molecule has 1 aliphatic rings. The van der Waals surface area contributed by atoms with Crippen LogP contribution in [0.5, 0.6) is 0 Å². The molecule has 2 rings (SSSR count). The molecule has 0 bridgehead atoms. The average molecular weight is 239 g/mol. The quantitative estimate of drug-likeness (QED) is 0.844. The minimum atomic E-state index is -2.43. The van der Waals surface area contributed by atoms with Crippen LogP contribution in [0.1, 0.15) is 43.7 Å². The fourth-order valence-corrected chi connectivity index (χ4v) is 2.09. The Morgan fingerprint density at radius 1 is 1.24 bits per heavy atom. The minimum Gasteiger partial charge on any atom is -0.309 e. The van der Waals surface area contributed by atoms with E-state index in [0.29, 0.717) is 12.5 Å². The van der Waals surface area contributed by atoms with Crippen LogP contribution in [-0.4, -0.2) is 12.0 Å². The third-order valence-corrected chi connectivity index (χ3v) is 3.33. The van der Waals surface area contributed by atoms with Gasteiger partial charge in [-0.2, -0.15) is 0 Å². The van der Waals surface area contributed by atoms with Crippen LogP contribution < -0.4 is 5.32 Å².